The van der Waals surface area contributed by atoms with Crippen molar-refractivity contribution >= 4 is 40.2 Å². The molecule has 0 saturated carbocycles. The molecule has 0 unspecified atom stereocenters. The van der Waals surface area contributed by atoms with E-state index in [1.165, 1.54) is 4.90 Å². The predicted molar refractivity (Wildman–Crippen MR) is 114 cm³/mol. The molecule has 3 rings (SSSR count). The molecule has 1 aliphatic rings. The van der Waals surface area contributed by atoms with Crippen LogP contribution in [-0.4, -0.2) is 78.0 Å². The van der Waals surface area contributed by atoms with Crippen LogP contribution in [0.4, 0.5) is 10.5 Å². The van der Waals surface area contributed by atoms with Gasteiger partial charge in [0.25, 0.3) is 0 Å². The molecule has 9 heteroatoms. The van der Waals surface area contributed by atoms with Crippen molar-refractivity contribution in [3.05, 3.63) is 47.7 Å². The number of aliphatic carboxylic acids is 1. The Labute approximate surface area is 178 Å². The van der Waals surface area contributed by atoms with Crippen molar-refractivity contribution in [3.8, 4) is 0 Å². The summed E-state index contributed by atoms with van der Waals surface area (Å²) in [6, 6.07) is 10.6. The molecule has 9 nitrogen and oxygen atoms in total. The second-order valence-electron chi connectivity index (χ2n) is 6.91. The highest BCUT2D eigenvalue weighted by molar-refractivity contribution is 6.19. The van der Waals surface area contributed by atoms with Gasteiger partial charge in [0.15, 0.2) is 11.6 Å². The summed E-state index contributed by atoms with van der Waals surface area (Å²) in [7, 11) is 0. The van der Waals surface area contributed by atoms with E-state index in [2.05, 4.69) is 5.32 Å². The first kappa shape index (κ1) is 21.9. The first-order chi connectivity index (χ1) is 15.0. The number of hydrogen-bond acceptors (Lipinski definition) is 7. The number of Topliss-reactive ketones (excluding diaryl/α,β-unsaturated/α-hetero) is 1. The number of carbonyl (C=O) groups excluding carboxylic acids is 3. The van der Waals surface area contributed by atoms with Gasteiger partial charge in [0, 0.05) is 37.1 Å². The minimum atomic E-state index is -1.08. The highest BCUT2D eigenvalue weighted by atomic mass is 16.6. The standard InChI is InChI=1S/C22H23N3O6/c1-2-31-22(30)25-11-9-24(10-12-25)18(14-26)21(29)17-8-7-15-5-3-4-6-16(15)20(17)23-13-19(27)28/h3-8,23H,2,9-13H2,1H3,(H,27,28). The van der Waals surface area contributed by atoms with Crippen LogP contribution in [0.5, 0.6) is 0 Å². The lowest BCUT2D eigenvalue weighted by molar-refractivity contribution is -0.134. The molecule has 2 aromatic rings. The number of carboxylic acids is 1. The monoisotopic (exact) mass is 425 g/mol. The molecule has 1 amide bonds. The molecule has 0 aromatic heterocycles. The number of anilines is 1. The van der Waals surface area contributed by atoms with Gasteiger partial charge in [0.1, 0.15) is 6.54 Å². The molecule has 2 N–H and O–H groups in total. The van der Waals surface area contributed by atoms with Gasteiger partial charge in [-0.2, -0.15) is 0 Å². The number of nitrogens with one attached hydrogen (secondary N) is 1. The molecule has 0 atom stereocenters. The quantitative estimate of drug-likeness (QED) is 0.393. The number of allylic oxidation sites excluding steroid dienone is 1. The molecule has 1 saturated heterocycles. The Hall–Kier alpha value is -3.84. The summed E-state index contributed by atoms with van der Waals surface area (Å²) in [5.41, 5.74) is 0.381. The van der Waals surface area contributed by atoms with Crippen molar-refractivity contribution in [2.45, 2.75) is 6.92 Å². The van der Waals surface area contributed by atoms with Crippen molar-refractivity contribution in [3.63, 3.8) is 0 Å². The van der Waals surface area contributed by atoms with E-state index in [0.717, 1.165) is 5.39 Å². The zero-order valence-electron chi connectivity index (χ0n) is 17.1. The fourth-order valence-corrected chi connectivity index (χ4v) is 3.52. The number of amides is 1. The van der Waals surface area contributed by atoms with Gasteiger partial charge in [-0.1, -0.05) is 30.3 Å². The van der Waals surface area contributed by atoms with E-state index in [-0.39, 0.29) is 37.5 Å². The van der Waals surface area contributed by atoms with Gasteiger partial charge in [-0.3, -0.25) is 9.59 Å². The van der Waals surface area contributed by atoms with E-state index in [1.807, 2.05) is 12.1 Å². The summed E-state index contributed by atoms with van der Waals surface area (Å²) in [6.45, 7) is 2.77. The average molecular weight is 425 g/mol. The van der Waals surface area contributed by atoms with Gasteiger partial charge in [0.05, 0.1) is 12.3 Å². The van der Waals surface area contributed by atoms with Crippen molar-refractivity contribution < 1.29 is 29.0 Å². The van der Waals surface area contributed by atoms with E-state index < -0.39 is 17.8 Å². The van der Waals surface area contributed by atoms with Gasteiger partial charge in [0.2, 0.25) is 5.78 Å². The minimum Gasteiger partial charge on any atom is -0.480 e. The smallest absolute Gasteiger partial charge is 0.409 e. The number of carboxylic acid groups (broad SMARTS) is 1. The molecule has 1 aliphatic heterocycles. The van der Waals surface area contributed by atoms with Gasteiger partial charge >= 0.3 is 12.1 Å². The molecule has 0 bridgehead atoms. The second kappa shape index (κ2) is 9.77. The average Bonchev–Trinajstić information content (AvgIpc) is 2.78. The zero-order chi connectivity index (χ0) is 22.4. The maximum Gasteiger partial charge on any atom is 0.409 e. The van der Waals surface area contributed by atoms with E-state index in [1.54, 1.807) is 42.0 Å². The summed E-state index contributed by atoms with van der Waals surface area (Å²) in [5, 5.41) is 13.4. The first-order valence-electron chi connectivity index (χ1n) is 9.90. The second-order valence-corrected chi connectivity index (χ2v) is 6.91. The predicted octanol–water partition coefficient (Wildman–Crippen LogP) is 2.01. The van der Waals surface area contributed by atoms with Crippen LogP contribution in [0, 0.1) is 0 Å². The van der Waals surface area contributed by atoms with E-state index in [4.69, 9.17) is 9.84 Å². The number of ketones is 1. The van der Waals surface area contributed by atoms with Gasteiger partial charge < -0.3 is 25.0 Å². The maximum atomic E-state index is 13.3. The Kier molecular flexibility index (Phi) is 6.89. The van der Waals surface area contributed by atoms with Crippen molar-refractivity contribution in [2.75, 3.05) is 44.6 Å². The summed E-state index contributed by atoms with van der Waals surface area (Å²) in [6.07, 6.45) is -0.431. The van der Waals surface area contributed by atoms with Gasteiger partial charge in [-0.15, -0.1) is 0 Å². The number of ether oxygens (including phenoxy) is 1. The van der Waals surface area contributed by atoms with Gasteiger partial charge in [-0.05, 0) is 18.4 Å². The summed E-state index contributed by atoms with van der Waals surface area (Å²) in [4.78, 5) is 51.1. The van der Waals surface area contributed by atoms with Crippen LogP contribution in [0.3, 0.4) is 0 Å². The Morgan fingerprint density at radius 3 is 2.39 bits per heavy atom. The Balaban J connectivity index is 1.87. The lowest BCUT2D eigenvalue weighted by Gasteiger charge is -2.35. The summed E-state index contributed by atoms with van der Waals surface area (Å²) < 4.78 is 4.98. The third kappa shape index (κ3) is 4.84. The number of piperazine rings is 1. The third-order valence-electron chi connectivity index (χ3n) is 5.02. The molecule has 1 heterocycles. The maximum absolute atomic E-state index is 13.3. The molecule has 0 radical (unpaired) electrons. The van der Waals surface area contributed by atoms with Crippen LogP contribution in [0.25, 0.3) is 10.8 Å². The molecular weight excluding hydrogens is 402 g/mol. The number of carbonyl (C=O) groups is 3. The van der Waals surface area contributed by atoms with E-state index in [0.29, 0.717) is 24.2 Å². The lowest BCUT2D eigenvalue weighted by Crippen LogP contribution is -2.49. The van der Waals surface area contributed by atoms with Crippen LogP contribution in [0.15, 0.2) is 42.1 Å². The van der Waals surface area contributed by atoms with Crippen molar-refractivity contribution in [2.24, 2.45) is 0 Å². The molecule has 0 aliphatic carbocycles. The molecule has 162 valence electrons. The highest BCUT2D eigenvalue weighted by Gasteiger charge is 2.29. The largest absolute Gasteiger partial charge is 0.480 e. The number of fused-ring (bicyclic) bond motifs is 1. The number of hydrogen-bond donors (Lipinski definition) is 2. The minimum absolute atomic E-state index is 0.155. The van der Waals surface area contributed by atoms with Crippen molar-refractivity contribution in [1.29, 1.82) is 0 Å². The molecule has 0 spiro atoms. The summed E-state index contributed by atoms with van der Waals surface area (Å²) in [5.74, 6) is 0.110. The fourth-order valence-electron chi connectivity index (χ4n) is 3.52. The van der Waals surface area contributed by atoms with Crippen molar-refractivity contribution in [1.82, 2.24) is 9.80 Å². The van der Waals surface area contributed by atoms with E-state index >= 15 is 0 Å². The van der Waals surface area contributed by atoms with Crippen LogP contribution >= 0.6 is 0 Å². The van der Waals surface area contributed by atoms with Crippen LogP contribution in [0.2, 0.25) is 0 Å². The number of rotatable bonds is 7. The lowest BCUT2D eigenvalue weighted by atomic mass is 9.99. The fraction of sp³-hybridized carbons (Fsp3) is 0.318. The highest BCUT2D eigenvalue weighted by Crippen LogP contribution is 2.29. The Morgan fingerprint density at radius 2 is 1.74 bits per heavy atom. The Morgan fingerprint density at radius 1 is 1.06 bits per heavy atom. The van der Waals surface area contributed by atoms with E-state index in [9.17, 15) is 19.2 Å². The number of nitrogens with zero attached hydrogens (tertiary/aromatic N) is 2. The van der Waals surface area contributed by atoms with Crippen LogP contribution < -0.4 is 5.32 Å². The number of benzene rings is 2. The molecular formula is C22H23N3O6. The SMILES string of the molecule is CCOC(=O)N1CCN(C(=C=O)C(=O)c2ccc3ccccc3c2NCC(=O)O)CC1. The Bertz CT molecular complexity index is 1050. The molecule has 2 aromatic carbocycles. The third-order valence-corrected chi connectivity index (χ3v) is 5.02. The van der Waals surface area contributed by atoms with Crippen LogP contribution in [-0.2, 0) is 14.3 Å². The normalized spacial score (nSPS) is 13.5. The first-order valence-corrected chi connectivity index (χ1v) is 9.90. The zero-order valence-corrected chi connectivity index (χ0v) is 17.1. The topological polar surface area (TPSA) is 116 Å². The summed E-state index contributed by atoms with van der Waals surface area (Å²) >= 11 is 0. The molecule has 1 fully saturated rings. The molecule has 31 heavy (non-hydrogen) atoms. The van der Waals surface area contributed by atoms with Crippen LogP contribution in [0.1, 0.15) is 17.3 Å². The van der Waals surface area contributed by atoms with Gasteiger partial charge in [-0.25, -0.2) is 9.59 Å².